The molecule has 0 aliphatic carbocycles. The topological polar surface area (TPSA) is 85.8 Å². The Morgan fingerprint density at radius 3 is 2.47 bits per heavy atom. The minimum Gasteiger partial charge on any atom is -0.493 e. The maximum atomic E-state index is 12.4. The molecule has 2 heterocycles. The summed E-state index contributed by atoms with van der Waals surface area (Å²) in [6.07, 6.45) is 3.00. The maximum absolute atomic E-state index is 12.4. The Kier molecular flexibility index (Phi) is 7.46. The monoisotopic (exact) mass is 428 g/mol. The van der Waals surface area contributed by atoms with Gasteiger partial charge in [-0.3, -0.25) is 14.6 Å². The predicted molar refractivity (Wildman–Crippen MR) is 114 cm³/mol. The first kappa shape index (κ1) is 21.8. The Hall–Kier alpha value is -2.87. The van der Waals surface area contributed by atoms with Gasteiger partial charge in [-0.1, -0.05) is 25.1 Å². The average molecular weight is 429 g/mol. The summed E-state index contributed by atoms with van der Waals surface area (Å²) in [5.74, 6) is 0.184. The summed E-state index contributed by atoms with van der Waals surface area (Å²) < 4.78 is 10.5. The highest BCUT2D eigenvalue weighted by Crippen LogP contribution is 2.30. The summed E-state index contributed by atoms with van der Waals surface area (Å²) >= 11 is 0.847. The molecule has 1 aliphatic heterocycles. The summed E-state index contributed by atoms with van der Waals surface area (Å²) in [6, 6.07) is 11.5. The van der Waals surface area contributed by atoms with Crippen LogP contribution in [0.4, 0.5) is 9.59 Å². The highest BCUT2D eigenvalue weighted by molar-refractivity contribution is 8.15. The van der Waals surface area contributed by atoms with Crippen LogP contribution >= 0.6 is 11.8 Å². The van der Waals surface area contributed by atoms with E-state index in [0.29, 0.717) is 24.3 Å². The lowest BCUT2D eigenvalue weighted by Crippen LogP contribution is -2.38. The molecular weight excluding hydrogens is 404 g/mol. The number of aryl methyl sites for hydroxylation is 1. The molecule has 30 heavy (non-hydrogen) atoms. The number of amides is 3. The Labute approximate surface area is 179 Å². The quantitative estimate of drug-likeness (QED) is 0.627. The number of carbonyl (C=O) groups excluding carboxylic acids is 3. The van der Waals surface area contributed by atoms with Crippen LogP contribution in [0.2, 0.25) is 0 Å². The number of carbonyl (C=O) groups is 3. The van der Waals surface area contributed by atoms with Crippen LogP contribution in [0.1, 0.15) is 30.7 Å². The van der Waals surface area contributed by atoms with Crippen LogP contribution in [-0.4, -0.2) is 45.6 Å². The molecule has 1 unspecified atom stereocenters. The molecule has 3 amide bonds. The maximum Gasteiger partial charge on any atom is 0.424 e. The second-order valence-electron chi connectivity index (χ2n) is 6.70. The van der Waals surface area contributed by atoms with Crippen molar-refractivity contribution in [1.29, 1.82) is 0 Å². The number of benzene rings is 1. The minimum absolute atomic E-state index is 0.104. The Bertz CT molecular complexity index is 899. The van der Waals surface area contributed by atoms with Gasteiger partial charge in [0.25, 0.3) is 11.1 Å². The predicted octanol–water partition coefficient (Wildman–Crippen LogP) is 4.03. The van der Waals surface area contributed by atoms with Gasteiger partial charge < -0.3 is 9.47 Å². The van der Waals surface area contributed by atoms with Crippen molar-refractivity contribution in [3.63, 3.8) is 0 Å². The second kappa shape index (κ2) is 10.2. The van der Waals surface area contributed by atoms with E-state index >= 15 is 0 Å². The van der Waals surface area contributed by atoms with Gasteiger partial charge in [0, 0.05) is 18.3 Å². The number of aromatic nitrogens is 1. The smallest absolute Gasteiger partial charge is 0.424 e. The SMILES string of the molecule is CCOC(=O)N1C(=O)SC(Cc2ccc(OCCc3ccc(CC)cn3)cc2)C1=O. The van der Waals surface area contributed by atoms with Gasteiger partial charge >= 0.3 is 6.09 Å². The minimum atomic E-state index is -0.912. The molecule has 1 aromatic heterocycles. The number of hydrogen-bond acceptors (Lipinski definition) is 7. The van der Waals surface area contributed by atoms with Crippen LogP contribution in [0, 0.1) is 0 Å². The molecule has 1 fully saturated rings. The first-order valence-electron chi connectivity index (χ1n) is 9.88. The van der Waals surface area contributed by atoms with Crippen molar-refractivity contribution in [2.75, 3.05) is 13.2 Å². The number of hydrogen-bond donors (Lipinski definition) is 0. The van der Waals surface area contributed by atoms with Crippen molar-refractivity contribution < 1.29 is 23.9 Å². The molecule has 7 nitrogen and oxygen atoms in total. The van der Waals surface area contributed by atoms with Crippen molar-refractivity contribution in [1.82, 2.24) is 9.88 Å². The zero-order chi connectivity index (χ0) is 21.5. The van der Waals surface area contributed by atoms with E-state index < -0.39 is 22.5 Å². The Balaban J connectivity index is 1.50. The molecule has 1 saturated heterocycles. The van der Waals surface area contributed by atoms with Crippen LogP contribution in [0.25, 0.3) is 0 Å². The summed E-state index contributed by atoms with van der Waals surface area (Å²) in [7, 11) is 0. The molecular formula is C22H24N2O5S. The molecule has 8 heteroatoms. The zero-order valence-electron chi connectivity index (χ0n) is 17.0. The number of ether oxygens (including phenoxy) is 2. The van der Waals surface area contributed by atoms with Crippen LogP contribution in [0.3, 0.4) is 0 Å². The summed E-state index contributed by atoms with van der Waals surface area (Å²) in [5, 5.41) is -1.23. The van der Waals surface area contributed by atoms with Crippen molar-refractivity contribution in [3.8, 4) is 5.75 Å². The zero-order valence-corrected chi connectivity index (χ0v) is 17.8. The summed E-state index contributed by atoms with van der Waals surface area (Å²) in [6.45, 7) is 4.33. The van der Waals surface area contributed by atoms with E-state index in [2.05, 4.69) is 18.0 Å². The summed E-state index contributed by atoms with van der Waals surface area (Å²) in [4.78, 5) is 41.1. The fourth-order valence-corrected chi connectivity index (χ4v) is 3.96. The van der Waals surface area contributed by atoms with E-state index in [-0.39, 0.29) is 6.61 Å². The lowest BCUT2D eigenvalue weighted by molar-refractivity contribution is -0.125. The molecule has 0 N–H and O–H groups in total. The van der Waals surface area contributed by atoms with E-state index in [1.165, 1.54) is 5.56 Å². The third-order valence-corrected chi connectivity index (χ3v) is 5.67. The Morgan fingerprint density at radius 2 is 1.83 bits per heavy atom. The van der Waals surface area contributed by atoms with Gasteiger partial charge in [-0.05, 0) is 60.9 Å². The van der Waals surface area contributed by atoms with Gasteiger partial charge in [0.2, 0.25) is 0 Å². The van der Waals surface area contributed by atoms with Crippen molar-refractivity contribution in [3.05, 3.63) is 59.4 Å². The van der Waals surface area contributed by atoms with E-state index in [1.54, 1.807) is 6.92 Å². The molecule has 0 radical (unpaired) electrons. The molecule has 1 aromatic carbocycles. The number of rotatable bonds is 8. The largest absolute Gasteiger partial charge is 0.493 e. The standard InChI is InChI=1S/C22H24N2O5S/c1-3-15-5-8-17(23-14-15)11-12-29-18-9-6-16(7-10-18)13-19-20(25)24(22(27)30-19)21(26)28-4-2/h5-10,14,19H,3-4,11-13H2,1-2H3. The normalized spacial score (nSPS) is 16.1. The molecule has 0 saturated carbocycles. The lowest BCUT2D eigenvalue weighted by atomic mass is 10.1. The highest BCUT2D eigenvalue weighted by atomic mass is 32.2. The van der Waals surface area contributed by atoms with Gasteiger partial charge in [-0.15, -0.1) is 0 Å². The second-order valence-corrected chi connectivity index (χ2v) is 7.86. The van der Waals surface area contributed by atoms with Gasteiger partial charge in [0.1, 0.15) is 5.75 Å². The van der Waals surface area contributed by atoms with Gasteiger partial charge in [-0.2, -0.15) is 4.90 Å². The Morgan fingerprint density at radius 1 is 1.10 bits per heavy atom. The third kappa shape index (κ3) is 5.38. The van der Waals surface area contributed by atoms with Crippen LogP contribution in [0.5, 0.6) is 5.75 Å². The average Bonchev–Trinajstić information content (AvgIpc) is 3.03. The van der Waals surface area contributed by atoms with Gasteiger partial charge in [0.15, 0.2) is 0 Å². The third-order valence-electron chi connectivity index (χ3n) is 4.64. The van der Waals surface area contributed by atoms with Gasteiger partial charge in [-0.25, -0.2) is 4.79 Å². The first-order valence-corrected chi connectivity index (χ1v) is 10.8. The molecule has 0 spiro atoms. The summed E-state index contributed by atoms with van der Waals surface area (Å²) in [5.41, 5.74) is 3.07. The van der Waals surface area contributed by atoms with E-state index in [4.69, 9.17) is 9.47 Å². The molecule has 2 aromatic rings. The fourth-order valence-electron chi connectivity index (χ4n) is 2.96. The highest BCUT2D eigenvalue weighted by Gasteiger charge is 2.44. The molecule has 1 atom stereocenters. The fraction of sp³-hybridized carbons (Fsp3) is 0.364. The van der Waals surface area contributed by atoms with Crippen molar-refractivity contribution in [2.45, 2.75) is 38.4 Å². The lowest BCUT2D eigenvalue weighted by Gasteiger charge is -2.11. The number of pyridine rings is 1. The molecule has 1 aliphatic rings. The van der Waals surface area contributed by atoms with Crippen molar-refractivity contribution in [2.24, 2.45) is 0 Å². The van der Waals surface area contributed by atoms with Crippen LogP contribution < -0.4 is 4.74 Å². The number of thioether (sulfide) groups is 1. The molecule has 158 valence electrons. The van der Waals surface area contributed by atoms with E-state index in [0.717, 1.165) is 35.2 Å². The molecule has 3 rings (SSSR count). The van der Waals surface area contributed by atoms with Gasteiger partial charge in [0.05, 0.1) is 18.5 Å². The number of imide groups is 3. The van der Waals surface area contributed by atoms with Crippen LogP contribution in [-0.2, 0) is 28.8 Å². The van der Waals surface area contributed by atoms with Crippen LogP contribution in [0.15, 0.2) is 42.6 Å². The first-order chi connectivity index (χ1) is 14.5. The number of nitrogens with zero attached hydrogens (tertiary/aromatic N) is 2. The van der Waals surface area contributed by atoms with Crippen molar-refractivity contribution >= 4 is 29.0 Å². The molecule has 0 bridgehead atoms. The van der Waals surface area contributed by atoms with E-state index in [9.17, 15) is 14.4 Å². The van der Waals surface area contributed by atoms with E-state index in [1.807, 2.05) is 36.5 Å².